The van der Waals surface area contributed by atoms with Crippen molar-refractivity contribution in [1.82, 2.24) is 4.90 Å². The molecule has 2 aliphatic rings. The minimum Gasteiger partial charge on any atom is -0.381 e. The van der Waals surface area contributed by atoms with E-state index in [-0.39, 0.29) is 0 Å². The molecule has 2 heterocycles. The van der Waals surface area contributed by atoms with E-state index in [9.17, 15) is 0 Å². The summed E-state index contributed by atoms with van der Waals surface area (Å²) in [6.45, 7) is 9.38. The van der Waals surface area contributed by atoms with Crippen LogP contribution in [0.25, 0.3) is 0 Å². The minimum atomic E-state index is 0.785. The van der Waals surface area contributed by atoms with E-state index in [0.717, 1.165) is 36.9 Å². The SMILES string of the molecule is CC1CCN(C)CCC1C[C@@H]1COC[C@H]1C. The van der Waals surface area contributed by atoms with Gasteiger partial charge in [0.2, 0.25) is 0 Å². The van der Waals surface area contributed by atoms with Crippen LogP contribution < -0.4 is 0 Å². The molecule has 94 valence electrons. The summed E-state index contributed by atoms with van der Waals surface area (Å²) in [7, 11) is 2.26. The Labute approximate surface area is 100 Å². The molecule has 0 N–H and O–H groups in total. The summed E-state index contributed by atoms with van der Waals surface area (Å²) in [6, 6.07) is 0. The van der Waals surface area contributed by atoms with E-state index >= 15 is 0 Å². The number of rotatable bonds is 2. The molecule has 16 heavy (non-hydrogen) atoms. The lowest BCUT2D eigenvalue weighted by Crippen LogP contribution is -2.20. The van der Waals surface area contributed by atoms with E-state index in [1.54, 1.807) is 0 Å². The Morgan fingerprint density at radius 2 is 1.75 bits per heavy atom. The quantitative estimate of drug-likeness (QED) is 0.716. The second kappa shape index (κ2) is 5.50. The van der Waals surface area contributed by atoms with Crippen molar-refractivity contribution in [2.45, 2.75) is 33.1 Å². The van der Waals surface area contributed by atoms with Crippen LogP contribution in [0.1, 0.15) is 33.1 Å². The van der Waals surface area contributed by atoms with Crippen molar-refractivity contribution in [1.29, 1.82) is 0 Å². The normalized spacial score (nSPS) is 42.2. The Bertz CT molecular complexity index is 219. The summed E-state index contributed by atoms with van der Waals surface area (Å²) in [6.07, 6.45) is 4.17. The van der Waals surface area contributed by atoms with Gasteiger partial charge in [0.25, 0.3) is 0 Å². The third kappa shape index (κ3) is 2.98. The molecule has 0 aliphatic carbocycles. The molecule has 0 saturated carbocycles. The molecule has 2 unspecified atom stereocenters. The zero-order valence-corrected chi connectivity index (χ0v) is 11.1. The van der Waals surface area contributed by atoms with Crippen LogP contribution in [0.2, 0.25) is 0 Å². The predicted molar refractivity (Wildman–Crippen MR) is 67.5 cm³/mol. The molecule has 2 nitrogen and oxygen atoms in total. The summed E-state index contributed by atoms with van der Waals surface area (Å²) in [5.74, 6) is 3.45. The average molecular weight is 225 g/mol. The Balaban J connectivity index is 1.87. The van der Waals surface area contributed by atoms with Crippen LogP contribution >= 0.6 is 0 Å². The van der Waals surface area contributed by atoms with Crippen molar-refractivity contribution < 1.29 is 4.74 Å². The standard InChI is InChI=1S/C14H27NO/c1-11-4-6-15(3)7-5-13(11)8-14-10-16-9-12(14)2/h11-14H,4-10H2,1-3H3/t11?,12-,13?,14-/m1/s1. The van der Waals surface area contributed by atoms with Gasteiger partial charge >= 0.3 is 0 Å². The maximum atomic E-state index is 5.59. The van der Waals surface area contributed by atoms with Crippen LogP contribution in [-0.4, -0.2) is 38.3 Å². The average Bonchev–Trinajstić information content (AvgIpc) is 2.59. The lowest BCUT2D eigenvalue weighted by Gasteiger charge is -2.25. The fourth-order valence-corrected chi connectivity index (χ4v) is 3.19. The number of ether oxygens (including phenoxy) is 1. The smallest absolute Gasteiger partial charge is 0.0497 e. The first kappa shape index (κ1) is 12.4. The molecule has 2 rings (SSSR count). The van der Waals surface area contributed by atoms with Gasteiger partial charge in [-0.25, -0.2) is 0 Å². The molecule has 0 bridgehead atoms. The van der Waals surface area contributed by atoms with Gasteiger partial charge in [-0.05, 0) is 63.1 Å². The third-order valence-electron chi connectivity index (χ3n) is 4.78. The van der Waals surface area contributed by atoms with Gasteiger partial charge in [-0.1, -0.05) is 13.8 Å². The molecule has 2 fully saturated rings. The van der Waals surface area contributed by atoms with Crippen molar-refractivity contribution in [2.24, 2.45) is 23.7 Å². The van der Waals surface area contributed by atoms with Crippen molar-refractivity contribution in [3.05, 3.63) is 0 Å². The third-order valence-corrected chi connectivity index (χ3v) is 4.78. The summed E-state index contributed by atoms with van der Waals surface area (Å²) < 4.78 is 5.59. The highest BCUT2D eigenvalue weighted by atomic mass is 16.5. The van der Waals surface area contributed by atoms with Gasteiger partial charge in [-0.15, -0.1) is 0 Å². The molecule has 0 aromatic carbocycles. The monoisotopic (exact) mass is 225 g/mol. The molecular weight excluding hydrogens is 198 g/mol. The molecule has 0 amide bonds. The molecule has 0 aromatic rings. The van der Waals surface area contributed by atoms with Crippen molar-refractivity contribution in [3.63, 3.8) is 0 Å². The molecule has 0 radical (unpaired) electrons. The molecule has 0 aromatic heterocycles. The van der Waals surface area contributed by atoms with Crippen LogP contribution in [0.4, 0.5) is 0 Å². The molecule has 4 atom stereocenters. The zero-order valence-electron chi connectivity index (χ0n) is 11.1. The Hall–Kier alpha value is -0.0800. The number of hydrogen-bond acceptors (Lipinski definition) is 2. The van der Waals surface area contributed by atoms with Gasteiger partial charge in [0.05, 0.1) is 0 Å². The van der Waals surface area contributed by atoms with Gasteiger partial charge in [-0.2, -0.15) is 0 Å². The van der Waals surface area contributed by atoms with Crippen LogP contribution in [-0.2, 0) is 4.74 Å². The molecule has 2 saturated heterocycles. The first-order valence-electron chi connectivity index (χ1n) is 6.93. The van der Waals surface area contributed by atoms with Crippen molar-refractivity contribution in [2.75, 3.05) is 33.4 Å². The second-order valence-electron chi connectivity index (χ2n) is 6.13. The van der Waals surface area contributed by atoms with Gasteiger partial charge < -0.3 is 9.64 Å². The predicted octanol–water partition coefficient (Wildman–Crippen LogP) is 2.64. The highest BCUT2D eigenvalue weighted by molar-refractivity contribution is 4.80. The summed E-state index contributed by atoms with van der Waals surface area (Å²) in [5.41, 5.74) is 0. The first-order chi connectivity index (χ1) is 7.66. The van der Waals surface area contributed by atoms with E-state index in [0.29, 0.717) is 0 Å². The highest BCUT2D eigenvalue weighted by Crippen LogP contribution is 2.34. The number of likely N-dealkylation sites (tertiary alicyclic amines) is 1. The van der Waals surface area contributed by atoms with E-state index in [1.165, 1.54) is 32.4 Å². The zero-order chi connectivity index (χ0) is 11.5. The molecule has 2 aliphatic heterocycles. The Morgan fingerprint density at radius 1 is 1.00 bits per heavy atom. The summed E-state index contributed by atoms with van der Waals surface area (Å²) >= 11 is 0. The fourth-order valence-electron chi connectivity index (χ4n) is 3.19. The van der Waals surface area contributed by atoms with Crippen molar-refractivity contribution in [3.8, 4) is 0 Å². The molecule has 2 heteroatoms. The van der Waals surface area contributed by atoms with Gasteiger partial charge in [0.15, 0.2) is 0 Å². The van der Waals surface area contributed by atoms with Crippen LogP contribution in [0.5, 0.6) is 0 Å². The molecular formula is C14H27NO. The van der Waals surface area contributed by atoms with E-state index < -0.39 is 0 Å². The van der Waals surface area contributed by atoms with E-state index in [1.807, 2.05) is 0 Å². The van der Waals surface area contributed by atoms with Crippen LogP contribution in [0, 0.1) is 23.7 Å². The number of nitrogens with zero attached hydrogens (tertiary/aromatic N) is 1. The van der Waals surface area contributed by atoms with Gasteiger partial charge in [0, 0.05) is 13.2 Å². The lowest BCUT2D eigenvalue weighted by molar-refractivity contribution is 0.173. The van der Waals surface area contributed by atoms with E-state index in [4.69, 9.17) is 4.74 Å². The maximum Gasteiger partial charge on any atom is 0.0497 e. The van der Waals surface area contributed by atoms with E-state index in [2.05, 4.69) is 25.8 Å². The Morgan fingerprint density at radius 3 is 2.44 bits per heavy atom. The van der Waals surface area contributed by atoms with Crippen LogP contribution in [0.15, 0.2) is 0 Å². The minimum absolute atomic E-state index is 0.785. The maximum absolute atomic E-state index is 5.59. The second-order valence-corrected chi connectivity index (χ2v) is 6.13. The van der Waals surface area contributed by atoms with Crippen LogP contribution in [0.3, 0.4) is 0 Å². The molecule has 0 spiro atoms. The van der Waals surface area contributed by atoms with Gasteiger partial charge in [-0.3, -0.25) is 0 Å². The Kier molecular flexibility index (Phi) is 4.26. The highest BCUT2D eigenvalue weighted by Gasteiger charge is 2.30. The topological polar surface area (TPSA) is 12.5 Å². The number of hydrogen-bond donors (Lipinski definition) is 0. The largest absolute Gasteiger partial charge is 0.381 e. The summed E-state index contributed by atoms with van der Waals surface area (Å²) in [4.78, 5) is 2.49. The summed E-state index contributed by atoms with van der Waals surface area (Å²) in [5, 5.41) is 0. The van der Waals surface area contributed by atoms with Crippen molar-refractivity contribution >= 4 is 0 Å². The lowest BCUT2D eigenvalue weighted by atomic mass is 9.79. The first-order valence-corrected chi connectivity index (χ1v) is 6.93. The van der Waals surface area contributed by atoms with Gasteiger partial charge in [0.1, 0.15) is 0 Å². The fraction of sp³-hybridized carbons (Fsp3) is 1.00.